The molecular weight excluding hydrogens is 376 g/mol. The second-order valence-corrected chi connectivity index (χ2v) is 15.1. The van der Waals surface area contributed by atoms with E-state index >= 15 is 0 Å². The molecule has 1 aromatic heterocycles. The zero-order valence-corrected chi connectivity index (χ0v) is 20.6. The van der Waals surface area contributed by atoms with Crippen LogP contribution in [0.25, 0.3) is 0 Å². The van der Waals surface area contributed by atoms with E-state index in [1.165, 1.54) is 0 Å². The Morgan fingerprint density at radius 3 is 2.14 bits per heavy atom. The number of hydrogen-bond donors (Lipinski definition) is 2. The molecule has 164 valence electrons. The summed E-state index contributed by atoms with van der Waals surface area (Å²) in [6.45, 7) is 18.8. The van der Waals surface area contributed by atoms with Crippen molar-refractivity contribution >= 4 is 14.3 Å². The lowest BCUT2D eigenvalue weighted by molar-refractivity contribution is 0.199. The van der Waals surface area contributed by atoms with Gasteiger partial charge in [0.05, 0.1) is 0 Å². The van der Waals surface area contributed by atoms with Crippen LogP contribution in [0.1, 0.15) is 66.4 Å². The predicted octanol–water partition coefficient (Wildman–Crippen LogP) is 5.35. The first-order chi connectivity index (χ1) is 13.6. The van der Waals surface area contributed by atoms with E-state index in [1.807, 2.05) is 19.2 Å². The van der Waals surface area contributed by atoms with Crippen LogP contribution in [-0.4, -0.2) is 43.4 Å². The summed E-state index contributed by atoms with van der Waals surface area (Å²) >= 11 is 0. The molecule has 1 aliphatic heterocycles. The third-order valence-electron chi connectivity index (χ3n) is 6.82. The maximum Gasteiger partial charge on any atom is 0.203 e. The molecule has 1 saturated heterocycles. The van der Waals surface area contributed by atoms with Crippen LogP contribution in [0.3, 0.4) is 0 Å². The molecule has 1 aromatic rings. The van der Waals surface area contributed by atoms with E-state index in [1.54, 1.807) is 10.6 Å². The Morgan fingerprint density at radius 1 is 1.07 bits per heavy atom. The zero-order chi connectivity index (χ0) is 21.8. The normalized spacial score (nSPS) is 16.3. The summed E-state index contributed by atoms with van der Waals surface area (Å²) in [5, 5.41) is 16.6. The van der Waals surface area contributed by atoms with E-state index in [9.17, 15) is 0 Å². The first-order valence-electron chi connectivity index (χ1n) is 11.3. The summed E-state index contributed by atoms with van der Waals surface area (Å²) in [5.74, 6) is 1.11. The lowest BCUT2D eigenvalue weighted by Crippen LogP contribution is -2.48. The highest BCUT2D eigenvalue weighted by Gasteiger charge is 2.44. The standard InChI is InChI=1S/C23H42N4OSi/c1-17(2)29(18(3)4,19(5)6)28-15-12-21-10-13-26(14-11-21)23(25)27-16-20(7)8-9-22(27)24/h8-9,16-19,21,24-25H,10-15H2,1-7H3. The van der Waals surface area contributed by atoms with Gasteiger partial charge in [0.1, 0.15) is 5.49 Å². The molecule has 0 spiro atoms. The fraction of sp³-hybridized carbons (Fsp3) is 0.739. The van der Waals surface area contributed by atoms with Gasteiger partial charge in [0.2, 0.25) is 5.96 Å². The highest BCUT2D eigenvalue weighted by molar-refractivity contribution is 6.77. The fourth-order valence-electron chi connectivity index (χ4n) is 5.27. The summed E-state index contributed by atoms with van der Waals surface area (Å²) in [6, 6.07) is 3.69. The zero-order valence-electron chi connectivity index (χ0n) is 19.6. The monoisotopic (exact) mass is 418 g/mol. The highest BCUT2D eigenvalue weighted by Crippen LogP contribution is 2.42. The molecule has 1 fully saturated rings. The van der Waals surface area contributed by atoms with E-state index in [0.717, 1.165) is 44.5 Å². The first kappa shape index (κ1) is 23.9. The van der Waals surface area contributed by atoms with Gasteiger partial charge in [-0.2, -0.15) is 0 Å². The molecule has 5 nitrogen and oxygen atoms in total. The Kier molecular flexibility index (Phi) is 8.29. The molecule has 0 radical (unpaired) electrons. The summed E-state index contributed by atoms with van der Waals surface area (Å²) in [5.41, 5.74) is 3.35. The van der Waals surface area contributed by atoms with E-state index in [2.05, 4.69) is 46.4 Å². The van der Waals surface area contributed by atoms with Crippen molar-refractivity contribution in [3.8, 4) is 0 Å². The largest absolute Gasteiger partial charge is 0.416 e. The van der Waals surface area contributed by atoms with Gasteiger partial charge in [-0.15, -0.1) is 0 Å². The number of likely N-dealkylation sites (tertiary alicyclic amines) is 1. The minimum Gasteiger partial charge on any atom is -0.416 e. The van der Waals surface area contributed by atoms with Crippen molar-refractivity contribution in [3.05, 3.63) is 29.4 Å². The lowest BCUT2D eigenvalue weighted by atomic mass is 9.94. The minimum absolute atomic E-state index is 0.369. The van der Waals surface area contributed by atoms with E-state index in [0.29, 0.717) is 34.0 Å². The molecule has 0 atom stereocenters. The molecule has 2 heterocycles. The molecule has 6 heteroatoms. The third kappa shape index (κ3) is 5.40. The Labute approximate surface area is 178 Å². The molecule has 0 aliphatic carbocycles. The second kappa shape index (κ2) is 10.1. The average Bonchev–Trinajstić information content (AvgIpc) is 2.66. The number of aromatic nitrogens is 1. The van der Waals surface area contributed by atoms with Crippen molar-refractivity contribution in [2.24, 2.45) is 5.92 Å². The fourth-order valence-corrected chi connectivity index (χ4v) is 10.7. The summed E-state index contributed by atoms with van der Waals surface area (Å²) in [6.07, 6.45) is 5.22. The first-order valence-corrected chi connectivity index (χ1v) is 13.4. The van der Waals surface area contributed by atoms with Gasteiger partial charge in [-0.05, 0) is 60.4 Å². The SMILES string of the molecule is Cc1ccc(=N)n(C(=N)N2CCC(CCO[Si](C(C)C)(C(C)C)C(C)C)CC2)c1. The summed E-state index contributed by atoms with van der Waals surface area (Å²) in [4.78, 5) is 2.12. The maximum atomic E-state index is 8.54. The van der Waals surface area contributed by atoms with E-state index in [-0.39, 0.29) is 0 Å². The van der Waals surface area contributed by atoms with E-state index < -0.39 is 8.32 Å². The van der Waals surface area contributed by atoms with Crippen molar-refractivity contribution in [3.63, 3.8) is 0 Å². The van der Waals surface area contributed by atoms with Gasteiger partial charge in [0.15, 0.2) is 8.32 Å². The highest BCUT2D eigenvalue weighted by atomic mass is 28.4. The van der Waals surface area contributed by atoms with Crippen LogP contribution >= 0.6 is 0 Å². The van der Waals surface area contributed by atoms with Gasteiger partial charge in [-0.25, -0.2) is 0 Å². The van der Waals surface area contributed by atoms with Gasteiger partial charge in [-0.3, -0.25) is 15.4 Å². The second-order valence-electron chi connectivity index (χ2n) is 9.67. The number of piperidine rings is 1. The molecule has 0 unspecified atom stereocenters. The van der Waals surface area contributed by atoms with Crippen molar-refractivity contribution in [1.29, 1.82) is 10.8 Å². The number of pyridine rings is 1. The number of nitrogens with one attached hydrogen (secondary N) is 2. The molecule has 0 aromatic carbocycles. The van der Waals surface area contributed by atoms with Gasteiger partial charge >= 0.3 is 0 Å². The Balaban J connectivity index is 1.89. The molecule has 0 saturated carbocycles. The van der Waals surface area contributed by atoms with E-state index in [4.69, 9.17) is 15.2 Å². The number of aryl methyl sites for hydroxylation is 1. The van der Waals surface area contributed by atoms with Crippen LogP contribution in [-0.2, 0) is 4.43 Å². The number of hydrogen-bond acceptors (Lipinski definition) is 3. The van der Waals surface area contributed by atoms with Crippen molar-refractivity contribution < 1.29 is 4.43 Å². The molecular formula is C23H42N4OSi. The molecule has 0 amide bonds. The van der Waals surface area contributed by atoms with Gasteiger partial charge in [0, 0.05) is 25.9 Å². The topological polar surface area (TPSA) is 65.1 Å². The van der Waals surface area contributed by atoms with Crippen LogP contribution in [0.5, 0.6) is 0 Å². The van der Waals surface area contributed by atoms with Gasteiger partial charge in [0.25, 0.3) is 0 Å². The summed E-state index contributed by atoms with van der Waals surface area (Å²) in [7, 11) is -1.77. The molecule has 0 bridgehead atoms. The Hall–Kier alpha value is -1.40. The van der Waals surface area contributed by atoms with Crippen LogP contribution in [0.15, 0.2) is 18.3 Å². The predicted molar refractivity (Wildman–Crippen MR) is 124 cm³/mol. The molecule has 1 aliphatic rings. The van der Waals surface area contributed by atoms with Crippen LogP contribution < -0.4 is 5.49 Å². The minimum atomic E-state index is -1.77. The van der Waals surface area contributed by atoms with Crippen molar-refractivity contribution in [1.82, 2.24) is 9.47 Å². The molecule has 2 rings (SSSR count). The van der Waals surface area contributed by atoms with Crippen LogP contribution in [0.2, 0.25) is 16.6 Å². The Bertz CT molecular complexity index is 711. The summed E-state index contributed by atoms with van der Waals surface area (Å²) < 4.78 is 8.43. The van der Waals surface area contributed by atoms with Crippen LogP contribution in [0, 0.1) is 23.7 Å². The van der Waals surface area contributed by atoms with Crippen LogP contribution in [0.4, 0.5) is 0 Å². The molecule has 29 heavy (non-hydrogen) atoms. The number of nitrogens with zero attached hydrogens (tertiary/aromatic N) is 2. The van der Waals surface area contributed by atoms with Crippen molar-refractivity contribution in [2.45, 2.75) is 84.4 Å². The smallest absolute Gasteiger partial charge is 0.203 e. The van der Waals surface area contributed by atoms with Gasteiger partial charge in [-0.1, -0.05) is 47.6 Å². The third-order valence-corrected chi connectivity index (χ3v) is 12.9. The number of rotatable bonds is 7. The maximum absolute atomic E-state index is 8.54. The van der Waals surface area contributed by atoms with Crippen molar-refractivity contribution in [2.75, 3.05) is 19.7 Å². The quantitative estimate of drug-likeness (QED) is 0.356. The van der Waals surface area contributed by atoms with Gasteiger partial charge < -0.3 is 9.33 Å². The average molecular weight is 419 g/mol. The Morgan fingerprint density at radius 2 is 1.62 bits per heavy atom. The lowest BCUT2D eigenvalue weighted by Gasteiger charge is -2.42. The molecule has 2 N–H and O–H groups in total.